The van der Waals surface area contributed by atoms with Crippen LogP contribution in [0.1, 0.15) is 72.0 Å². The number of fused-ring (bicyclic) bond motifs is 1. The molecule has 0 aromatic heterocycles. The molecule has 15 heteroatoms. The highest BCUT2D eigenvalue weighted by Crippen LogP contribution is 2.36. The van der Waals surface area contributed by atoms with Crippen LogP contribution in [0.15, 0.2) is 24.3 Å². The average Bonchev–Trinajstić information content (AvgIpc) is 3.29. The highest BCUT2D eigenvalue weighted by Gasteiger charge is 2.37. The summed E-state index contributed by atoms with van der Waals surface area (Å²) >= 11 is 0. The van der Waals surface area contributed by atoms with E-state index in [1.165, 1.54) is 4.90 Å². The van der Waals surface area contributed by atoms with Crippen LogP contribution in [-0.4, -0.2) is 78.3 Å². The molecule has 4 N–H and O–H groups in total. The third-order valence-electron chi connectivity index (χ3n) is 7.04. The number of nitrogens with zero attached hydrogens (tertiary/aromatic N) is 1. The van der Waals surface area contributed by atoms with Crippen LogP contribution in [0.2, 0.25) is 0 Å². The lowest BCUT2D eigenvalue weighted by Crippen LogP contribution is -2.55. The number of aliphatic hydroxyl groups is 1. The predicted molar refractivity (Wildman–Crippen MR) is 154 cm³/mol. The molecule has 0 bridgehead atoms. The quantitative estimate of drug-likeness (QED) is 0.278. The molecule has 5 atom stereocenters. The highest BCUT2D eigenvalue weighted by molar-refractivity contribution is 7.86. The van der Waals surface area contributed by atoms with Gasteiger partial charge in [-0.25, -0.2) is 18.0 Å². The van der Waals surface area contributed by atoms with E-state index in [2.05, 4.69) is 16.0 Å². The van der Waals surface area contributed by atoms with Gasteiger partial charge in [-0.1, -0.05) is 32.0 Å². The minimum absolute atomic E-state index is 0.110. The molecule has 2 heterocycles. The number of amides is 4. The first kappa shape index (κ1) is 34.1. The number of aliphatic hydroxyl groups excluding tert-OH is 1. The number of nitrogens with one attached hydrogen (secondary N) is 3. The van der Waals surface area contributed by atoms with Gasteiger partial charge >= 0.3 is 12.2 Å². The molecule has 0 spiro atoms. The fourth-order valence-corrected chi connectivity index (χ4v) is 5.65. The minimum Gasteiger partial charge on any atom is -0.746 e. The fraction of sp³-hybridized carbons (Fsp3) is 0.643. The SMILES string of the molecule is CC(C)C[C@H](NC(=O)OC1CCN(C(=O)OC(C)(C)C)c2ccccc21)C(=O)N[C@@H](C[C@@H]1CCNC1=O)C(O)S(=O)(=O)[O-]. The van der Waals surface area contributed by atoms with Crippen molar-refractivity contribution in [2.24, 2.45) is 11.8 Å². The van der Waals surface area contributed by atoms with E-state index in [1.807, 2.05) is 0 Å². The van der Waals surface area contributed by atoms with Crippen molar-refractivity contribution < 1.29 is 46.7 Å². The summed E-state index contributed by atoms with van der Waals surface area (Å²) in [6.45, 7) is 9.42. The highest BCUT2D eigenvalue weighted by atomic mass is 32.2. The van der Waals surface area contributed by atoms with E-state index in [0.717, 1.165) is 0 Å². The Morgan fingerprint density at radius 1 is 1.16 bits per heavy atom. The van der Waals surface area contributed by atoms with E-state index in [-0.39, 0.29) is 37.6 Å². The van der Waals surface area contributed by atoms with Crippen molar-refractivity contribution in [1.29, 1.82) is 0 Å². The molecular formula is C28H41N4O10S-. The Bertz CT molecular complexity index is 1300. The number of hydrogen-bond acceptors (Lipinski definition) is 10. The zero-order valence-corrected chi connectivity index (χ0v) is 25.8. The lowest BCUT2D eigenvalue weighted by atomic mass is 9.97. The van der Waals surface area contributed by atoms with E-state index < -0.39 is 63.4 Å². The lowest BCUT2D eigenvalue weighted by molar-refractivity contribution is -0.126. The lowest BCUT2D eigenvalue weighted by Gasteiger charge is -2.35. The van der Waals surface area contributed by atoms with Crippen LogP contribution >= 0.6 is 0 Å². The maximum Gasteiger partial charge on any atom is 0.414 e. The van der Waals surface area contributed by atoms with Gasteiger partial charge in [0.2, 0.25) is 11.8 Å². The molecule has 1 aromatic carbocycles. The standard InChI is InChI=1S/C28H42N4O10S/c1-16(2)14-19(24(34)30-20(25(35)43(38,39)40)15-17-10-12-29-23(17)33)31-26(36)41-22-11-13-32(27(37)42-28(3,4)5)21-9-7-6-8-18(21)22/h6-9,16-17,19-20,22,25,35H,10-15H2,1-5H3,(H,29,33)(H,30,34)(H,31,36)(H,38,39,40)/p-1/t17-,19-,20-,22?,25?/m0/s1. The van der Waals surface area contributed by atoms with Gasteiger partial charge in [0, 0.05) is 31.0 Å². The smallest absolute Gasteiger partial charge is 0.414 e. The fourth-order valence-electron chi connectivity index (χ4n) is 5.07. The number of hydrogen-bond donors (Lipinski definition) is 4. The van der Waals surface area contributed by atoms with Gasteiger partial charge in [0.15, 0.2) is 5.44 Å². The number of benzene rings is 1. The molecule has 3 rings (SSSR count). The Morgan fingerprint density at radius 2 is 1.84 bits per heavy atom. The first-order chi connectivity index (χ1) is 20.0. The molecule has 0 radical (unpaired) electrons. The van der Waals surface area contributed by atoms with E-state index in [9.17, 15) is 37.3 Å². The van der Waals surface area contributed by atoms with Gasteiger partial charge in [0.05, 0.1) is 11.7 Å². The number of carbonyl (C=O) groups excluding carboxylic acids is 4. The summed E-state index contributed by atoms with van der Waals surface area (Å²) in [6.07, 6.45) is -1.80. The minimum atomic E-state index is -5.24. The molecule has 14 nitrogen and oxygen atoms in total. The summed E-state index contributed by atoms with van der Waals surface area (Å²) in [5, 5.41) is 17.7. The summed E-state index contributed by atoms with van der Waals surface area (Å²) in [7, 11) is -5.24. The van der Waals surface area contributed by atoms with Crippen molar-refractivity contribution in [2.75, 3.05) is 18.0 Å². The molecule has 0 aliphatic carbocycles. The van der Waals surface area contributed by atoms with Crippen LogP contribution in [-0.2, 0) is 29.2 Å². The Balaban J connectivity index is 1.74. The van der Waals surface area contributed by atoms with Crippen molar-refractivity contribution in [3.63, 3.8) is 0 Å². The van der Waals surface area contributed by atoms with Gasteiger partial charge in [0.25, 0.3) is 0 Å². The second-order valence-corrected chi connectivity index (χ2v) is 13.7. The molecule has 2 unspecified atom stereocenters. The number of ether oxygens (including phenoxy) is 2. The molecule has 4 amide bonds. The van der Waals surface area contributed by atoms with E-state index >= 15 is 0 Å². The van der Waals surface area contributed by atoms with Gasteiger partial charge in [-0.15, -0.1) is 0 Å². The third-order valence-corrected chi connectivity index (χ3v) is 7.96. The van der Waals surface area contributed by atoms with Crippen molar-refractivity contribution in [3.05, 3.63) is 29.8 Å². The summed E-state index contributed by atoms with van der Waals surface area (Å²) in [5.74, 6) is -2.05. The van der Waals surface area contributed by atoms with E-state index in [4.69, 9.17) is 9.47 Å². The summed E-state index contributed by atoms with van der Waals surface area (Å²) in [5.41, 5.74) is -2.12. The van der Waals surface area contributed by atoms with Crippen molar-refractivity contribution >= 4 is 39.8 Å². The van der Waals surface area contributed by atoms with Crippen molar-refractivity contribution in [2.45, 2.75) is 89.5 Å². The Hall–Kier alpha value is -3.43. The van der Waals surface area contributed by atoms with Gasteiger partial charge in [0.1, 0.15) is 27.9 Å². The maximum atomic E-state index is 13.3. The van der Waals surface area contributed by atoms with Crippen molar-refractivity contribution in [3.8, 4) is 0 Å². The van der Waals surface area contributed by atoms with Crippen LogP contribution in [0.4, 0.5) is 15.3 Å². The Kier molecular flexibility index (Phi) is 11.0. The van der Waals surface area contributed by atoms with E-state index in [1.54, 1.807) is 58.9 Å². The van der Waals surface area contributed by atoms with Gasteiger partial charge in [-0.2, -0.15) is 0 Å². The number of anilines is 1. The summed E-state index contributed by atoms with van der Waals surface area (Å²) in [6, 6.07) is 4.11. The van der Waals surface area contributed by atoms with Gasteiger partial charge in [-0.3, -0.25) is 14.5 Å². The maximum absolute atomic E-state index is 13.3. The van der Waals surface area contributed by atoms with Crippen LogP contribution in [0.3, 0.4) is 0 Å². The second kappa shape index (κ2) is 13.9. The molecule has 1 saturated heterocycles. The molecule has 2 aliphatic heterocycles. The van der Waals surface area contributed by atoms with Gasteiger partial charge in [-0.05, 0) is 52.0 Å². The number of rotatable bonds is 10. The zero-order valence-electron chi connectivity index (χ0n) is 25.0. The number of alkyl carbamates (subject to hydrolysis) is 1. The molecule has 2 aliphatic rings. The van der Waals surface area contributed by atoms with Crippen LogP contribution in [0.5, 0.6) is 0 Å². The van der Waals surface area contributed by atoms with Crippen LogP contribution in [0, 0.1) is 11.8 Å². The number of carbonyl (C=O) groups is 4. The number of para-hydroxylation sites is 1. The Labute approximate surface area is 251 Å². The second-order valence-electron chi connectivity index (χ2n) is 12.2. The molecule has 240 valence electrons. The largest absolute Gasteiger partial charge is 0.746 e. The molecule has 1 aromatic rings. The average molecular weight is 626 g/mol. The van der Waals surface area contributed by atoms with Crippen LogP contribution < -0.4 is 20.9 Å². The van der Waals surface area contributed by atoms with Crippen molar-refractivity contribution in [1.82, 2.24) is 16.0 Å². The zero-order chi connectivity index (χ0) is 32.1. The van der Waals surface area contributed by atoms with Gasteiger partial charge < -0.3 is 35.1 Å². The van der Waals surface area contributed by atoms with E-state index in [0.29, 0.717) is 24.2 Å². The molecular weight excluding hydrogens is 584 g/mol. The summed E-state index contributed by atoms with van der Waals surface area (Å²) < 4.78 is 46.0. The molecule has 43 heavy (non-hydrogen) atoms. The molecule has 1 fully saturated rings. The first-order valence-electron chi connectivity index (χ1n) is 14.2. The first-order valence-corrected chi connectivity index (χ1v) is 15.7. The topological polar surface area (TPSA) is 203 Å². The van der Waals surface area contributed by atoms with Crippen LogP contribution in [0.25, 0.3) is 0 Å². The normalized spacial score (nSPS) is 20.8. The Morgan fingerprint density at radius 3 is 2.42 bits per heavy atom. The predicted octanol–water partition coefficient (Wildman–Crippen LogP) is 1.89. The third kappa shape index (κ3) is 9.53. The molecule has 0 saturated carbocycles. The summed E-state index contributed by atoms with van der Waals surface area (Å²) in [4.78, 5) is 52.7. The monoisotopic (exact) mass is 625 g/mol.